The van der Waals surface area contributed by atoms with Crippen LogP contribution in [0.15, 0.2) is 61.2 Å². The van der Waals surface area contributed by atoms with Gasteiger partial charge in [-0.1, -0.05) is 48.5 Å². The van der Waals surface area contributed by atoms with Crippen LogP contribution < -0.4 is 0 Å². The fourth-order valence-electron chi connectivity index (χ4n) is 2.22. The number of hydrogen-bond acceptors (Lipinski definition) is 0. The Morgan fingerprint density at radius 1 is 1.06 bits per heavy atom. The summed E-state index contributed by atoms with van der Waals surface area (Å²) >= 11 is 0. The molecule has 1 nitrogen and oxygen atoms in total. The SMILES string of the molecule is C=CCc1cccc2[nH]c(-c3ccccc3)[c]c12. The molecule has 0 fully saturated rings. The molecule has 2 aromatic carbocycles. The monoisotopic (exact) mass is 232 g/mol. The van der Waals surface area contributed by atoms with Gasteiger partial charge in [0.15, 0.2) is 0 Å². The number of nitrogens with one attached hydrogen (secondary N) is 1. The van der Waals surface area contributed by atoms with Gasteiger partial charge in [0.1, 0.15) is 0 Å². The molecule has 0 amide bonds. The van der Waals surface area contributed by atoms with Crippen LogP contribution in [0.4, 0.5) is 0 Å². The molecule has 87 valence electrons. The topological polar surface area (TPSA) is 15.8 Å². The molecule has 1 radical (unpaired) electrons. The fraction of sp³-hybridized carbons (Fsp3) is 0.0588. The largest absolute Gasteiger partial charge is 0.354 e. The second-order valence-electron chi connectivity index (χ2n) is 4.32. The predicted octanol–water partition coefficient (Wildman–Crippen LogP) is 4.36. The highest BCUT2D eigenvalue weighted by Gasteiger charge is 2.06. The van der Waals surface area contributed by atoms with Gasteiger partial charge in [-0.15, -0.1) is 6.58 Å². The summed E-state index contributed by atoms with van der Waals surface area (Å²) in [6.07, 6.45) is 2.80. The summed E-state index contributed by atoms with van der Waals surface area (Å²) in [6, 6.07) is 20.0. The fourth-order valence-corrected chi connectivity index (χ4v) is 2.22. The molecule has 0 atom stereocenters. The molecular formula is C17H14N. The van der Waals surface area contributed by atoms with E-state index in [4.69, 9.17) is 0 Å². The molecule has 1 aromatic heterocycles. The maximum absolute atomic E-state index is 3.80. The number of hydrogen-bond donors (Lipinski definition) is 1. The molecule has 3 aromatic rings. The van der Waals surface area contributed by atoms with Crippen LogP contribution in [0.2, 0.25) is 0 Å². The Balaban J connectivity index is 2.17. The molecule has 3 rings (SSSR count). The molecular weight excluding hydrogens is 218 g/mol. The number of aromatic amines is 1. The molecule has 0 bridgehead atoms. The Kier molecular flexibility index (Phi) is 2.73. The van der Waals surface area contributed by atoms with E-state index < -0.39 is 0 Å². The molecule has 0 aliphatic rings. The standard InChI is InChI=1S/C17H14N/c1-2-7-13-10-6-11-16-15(13)12-17(18-16)14-8-4-3-5-9-14/h2-6,8-11,18H,1,7H2. The van der Waals surface area contributed by atoms with Gasteiger partial charge >= 0.3 is 0 Å². The van der Waals surface area contributed by atoms with Gasteiger partial charge < -0.3 is 4.98 Å². The molecule has 0 aliphatic carbocycles. The quantitative estimate of drug-likeness (QED) is 0.646. The van der Waals surface area contributed by atoms with Gasteiger partial charge in [0.05, 0.1) is 5.69 Å². The minimum absolute atomic E-state index is 0.875. The molecule has 0 saturated heterocycles. The molecule has 18 heavy (non-hydrogen) atoms. The number of H-pyrrole nitrogens is 1. The zero-order chi connectivity index (χ0) is 12.4. The lowest BCUT2D eigenvalue weighted by Gasteiger charge is -1.97. The van der Waals surface area contributed by atoms with Gasteiger partial charge in [0, 0.05) is 17.0 Å². The zero-order valence-corrected chi connectivity index (χ0v) is 10.1. The first-order chi connectivity index (χ1) is 8.88. The Morgan fingerprint density at radius 3 is 2.67 bits per heavy atom. The summed E-state index contributed by atoms with van der Waals surface area (Å²) in [5.41, 5.74) is 4.61. The lowest BCUT2D eigenvalue weighted by atomic mass is 10.1. The maximum atomic E-state index is 3.80. The predicted molar refractivity (Wildman–Crippen MR) is 76.5 cm³/mol. The lowest BCUT2D eigenvalue weighted by molar-refractivity contribution is 1.31. The van der Waals surface area contributed by atoms with Crippen LogP contribution in [0.25, 0.3) is 22.2 Å². The van der Waals surface area contributed by atoms with E-state index in [1.807, 2.05) is 24.3 Å². The average molecular weight is 232 g/mol. The summed E-state index contributed by atoms with van der Waals surface area (Å²) in [4.78, 5) is 3.42. The summed E-state index contributed by atoms with van der Waals surface area (Å²) in [6.45, 7) is 3.80. The summed E-state index contributed by atoms with van der Waals surface area (Å²) in [5.74, 6) is 0. The molecule has 1 heteroatoms. The molecule has 0 aliphatic heterocycles. The number of allylic oxidation sites excluding steroid dienone is 1. The smallest absolute Gasteiger partial charge is 0.0545 e. The van der Waals surface area contributed by atoms with E-state index >= 15 is 0 Å². The van der Waals surface area contributed by atoms with Gasteiger partial charge in [0.2, 0.25) is 0 Å². The van der Waals surface area contributed by atoms with E-state index in [9.17, 15) is 0 Å². The highest BCUT2D eigenvalue weighted by Crippen LogP contribution is 2.25. The molecule has 1 heterocycles. The molecule has 0 saturated carbocycles. The van der Waals surface area contributed by atoms with Crippen molar-refractivity contribution in [3.8, 4) is 11.3 Å². The summed E-state index contributed by atoms with van der Waals surface area (Å²) in [7, 11) is 0. The second-order valence-corrected chi connectivity index (χ2v) is 4.32. The summed E-state index contributed by atoms with van der Waals surface area (Å²) < 4.78 is 0. The number of aromatic nitrogens is 1. The highest BCUT2D eigenvalue weighted by molar-refractivity contribution is 5.87. The van der Waals surface area contributed by atoms with E-state index in [-0.39, 0.29) is 0 Å². The van der Waals surface area contributed by atoms with Crippen LogP contribution in [-0.4, -0.2) is 4.98 Å². The third-order valence-electron chi connectivity index (χ3n) is 3.09. The minimum atomic E-state index is 0.875. The van der Waals surface area contributed by atoms with Crippen LogP contribution in [0.3, 0.4) is 0 Å². The first kappa shape index (κ1) is 10.8. The lowest BCUT2D eigenvalue weighted by Crippen LogP contribution is -1.80. The van der Waals surface area contributed by atoms with Gasteiger partial charge in [-0.05, 0) is 23.6 Å². The Labute approximate surface area is 107 Å². The summed E-state index contributed by atoms with van der Waals surface area (Å²) in [5, 5.41) is 1.16. The van der Waals surface area contributed by atoms with Gasteiger partial charge in [-0.3, -0.25) is 0 Å². The highest BCUT2D eigenvalue weighted by atomic mass is 14.7. The Hall–Kier alpha value is -2.28. The van der Waals surface area contributed by atoms with E-state index in [0.29, 0.717) is 0 Å². The van der Waals surface area contributed by atoms with E-state index in [2.05, 4.69) is 48.0 Å². The van der Waals surface area contributed by atoms with Crippen molar-refractivity contribution in [2.45, 2.75) is 6.42 Å². The number of benzene rings is 2. The van der Waals surface area contributed by atoms with Gasteiger partial charge in [0.25, 0.3) is 0 Å². The van der Waals surface area contributed by atoms with Crippen molar-refractivity contribution < 1.29 is 0 Å². The van der Waals surface area contributed by atoms with Crippen molar-refractivity contribution in [2.75, 3.05) is 0 Å². The van der Waals surface area contributed by atoms with Gasteiger partial charge in [-0.25, -0.2) is 0 Å². The van der Waals surface area contributed by atoms with Crippen LogP contribution in [0, 0.1) is 6.07 Å². The van der Waals surface area contributed by atoms with Crippen molar-refractivity contribution in [1.82, 2.24) is 4.98 Å². The van der Waals surface area contributed by atoms with Crippen LogP contribution in [-0.2, 0) is 6.42 Å². The van der Waals surface area contributed by atoms with E-state index in [1.54, 1.807) is 0 Å². The number of fused-ring (bicyclic) bond motifs is 1. The van der Waals surface area contributed by atoms with Gasteiger partial charge in [-0.2, -0.15) is 0 Å². The van der Waals surface area contributed by atoms with Crippen molar-refractivity contribution in [3.63, 3.8) is 0 Å². The zero-order valence-electron chi connectivity index (χ0n) is 10.1. The van der Waals surface area contributed by atoms with E-state index in [0.717, 1.165) is 23.0 Å². The Bertz CT molecular complexity index is 677. The Morgan fingerprint density at radius 2 is 1.89 bits per heavy atom. The molecule has 1 N–H and O–H groups in total. The first-order valence-electron chi connectivity index (χ1n) is 6.07. The second kappa shape index (κ2) is 4.53. The number of rotatable bonds is 3. The normalized spacial score (nSPS) is 10.7. The van der Waals surface area contributed by atoms with E-state index in [1.165, 1.54) is 11.1 Å². The van der Waals surface area contributed by atoms with Crippen LogP contribution >= 0.6 is 0 Å². The minimum Gasteiger partial charge on any atom is -0.354 e. The average Bonchev–Trinajstić information content (AvgIpc) is 2.85. The third kappa shape index (κ3) is 1.84. The third-order valence-corrected chi connectivity index (χ3v) is 3.09. The first-order valence-corrected chi connectivity index (χ1v) is 6.07. The molecule has 0 spiro atoms. The van der Waals surface area contributed by atoms with Crippen molar-refractivity contribution in [1.29, 1.82) is 0 Å². The van der Waals surface area contributed by atoms with Crippen molar-refractivity contribution in [2.24, 2.45) is 0 Å². The maximum Gasteiger partial charge on any atom is 0.0545 e. The molecule has 0 unspecified atom stereocenters. The van der Waals surface area contributed by atoms with Crippen molar-refractivity contribution >= 4 is 10.9 Å². The van der Waals surface area contributed by atoms with Crippen LogP contribution in [0.1, 0.15) is 5.56 Å². The van der Waals surface area contributed by atoms with Crippen molar-refractivity contribution in [3.05, 3.63) is 72.8 Å². The van der Waals surface area contributed by atoms with Crippen LogP contribution in [0.5, 0.6) is 0 Å².